The molecule has 0 aromatic heterocycles. The van der Waals surface area contributed by atoms with Crippen molar-refractivity contribution in [1.29, 1.82) is 0 Å². The van der Waals surface area contributed by atoms with Gasteiger partial charge in [0.2, 0.25) is 0 Å². The average molecular weight is 255 g/mol. The number of amides is 2. The van der Waals surface area contributed by atoms with E-state index < -0.39 is 5.97 Å². The standard InChI is InChI=1S/C12H21N3O3/c1-12(3-2-4-12)13-11(18)15-7-5-14(6-8-15)9-10(16)17/h2-9H2,1H3,(H,13,18)(H,16,17). The highest BCUT2D eigenvalue weighted by Crippen LogP contribution is 2.31. The van der Waals surface area contributed by atoms with E-state index in [1.54, 1.807) is 4.90 Å². The summed E-state index contributed by atoms with van der Waals surface area (Å²) in [4.78, 5) is 26.2. The molecular formula is C12H21N3O3. The topological polar surface area (TPSA) is 72.9 Å². The summed E-state index contributed by atoms with van der Waals surface area (Å²) in [5.74, 6) is -0.810. The molecule has 0 radical (unpaired) electrons. The number of carboxylic acid groups (broad SMARTS) is 1. The number of carboxylic acids is 1. The minimum absolute atomic E-state index is 0.00725. The lowest BCUT2D eigenvalue weighted by molar-refractivity contribution is -0.138. The van der Waals surface area contributed by atoms with E-state index in [0.29, 0.717) is 26.2 Å². The van der Waals surface area contributed by atoms with Crippen LogP contribution >= 0.6 is 0 Å². The molecular weight excluding hydrogens is 234 g/mol. The lowest BCUT2D eigenvalue weighted by atomic mass is 9.79. The maximum Gasteiger partial charge on any atom is 0.317 e. The third kappa shape index (κ3) is 3.13. The highest BCUT2D eigenvalue weighted by molar-refractivity contribution is 5.75. The van der Waals surface area contributed by atoms with E-state index in [9.17, 15) is 9.59 Å². The number of hydrogen-bond donors (Lipinski definition) is 2. The highest BCUT2D eigenvalue weighted by atomic mass is 16.4. The van der Waals surface area contributed by atoms with Gasteiger partial charge in [-0.1, -0.05) is 0 Å². The maximum absolute atomic E-state index is 12.0. The quantitative estimate of drug-likeness (QED) is 0.763. The molecule has 2 amide bonds. The van der Waals surface area contributed by atoms with Gasteiger partial charge in [-0.25, -0.2) is 4.79 Å². The van der Waals surface area contributed by atoms with Crippen LogP contribution in [-0.4, -0.2) is 65.2 Å². The zero-order chi connectivity index (χ0) is 13.2. The molecule has 1 saturated heterocycles. The molecule has 6 nitrogen and oxygen atoms in total. The minimum Gasteiger partial charge on any atom is -0.480 e. The van der Waals surface area contributed by atoms with E-state index in [0.717, 1.165) is 12.8 Å². The Kier molecular flexibility index (Phi) is 3.75. The minimum atomic E-state index is -0.810. The van der Waals surface area contributed by atoms with Crippen molar-refractivity contribution >= 4 is 12.0 Å². The summed E-state index contributed by atoms with van der Waals surface area (Å²) in [6, 6.07) is -0.00725. The lowest BCUT2D eigenvalue weighted by Crippen LogP contribution is -2.58. The molecule has 1 aliphatic heterocycles. The van der Waals surface area contributed by atoms with Crippen LogP contribution < -0.4 is 5.32 Å². The van der Waals surface area contributed by atoms with Gasteiger partial charge in [-0.2, -0.15) is 0 Å². The number of aliphatic carboxylic acids is 1. The molecule has 1 saturated carbocycles. The van der Waals surface area contributed by atoms with Crippen LogP contribution in [0.3, 0.4) is 0 Å². The van der Waals surface area contributed by atoms with Crippen molar-refractivity contribution in [3.05, 3.63) is 0 Å². The molecule has 0 unspecified atom stereocenters. The molecule has 0 aromatic rings. The third-order valence-corrected chi connectivity index (χ3v) is 3.88. The summed E-state index contributed by atoms with van der Waals surface area (Å²) in [7, 11) is 0. The fraction of sp³-hybridized carbons (Fsp3) is 0.833. The molecule has 2 N–H and O–H groups in total. The normalized spacial score (nSPS) is 23.3. The molecule has 2 fully saturated rings. The Hall–Kier alpha value is -1.30. The van der Waals surface area contributed by atoms with Crippen LogP contribution in [0.1, 0.15) is 26.2 Å². The number of piperazine rings is 1. The van der Waals surface area contributed by atoms with Crippen molar-refractivity contribution in [1.82, 2.24) is 15.1 Å². The molecule has 6 heteroatoms. The Labute approximate surface area is 107 Å². The Balaban J connectivity index is 1.75. The first-order valence-corrected chi connectivity index (χ1v) is 6.50. The molecule has 102 valence electrons. The third-order valence-electron chi connectivity index (χ3n) is 3.88. The van der Waals surface area contributed by atoms with E-state index in [2.05, 4.69) is 12.2 Å². The highest BCUT2D eigenvalue weighted by Gasteiger charge is 2.35. The molecule has 0 atom stereocenters. The number of carbonyl (C=O) groups excluding carboxylic acids is 1. The average Bonchev–Trinajstić information content (AvgIpc) is 2.27. The second-order valence-corrected chi connectivity index (χ2v) is 5.50. The number of rotatable bonds is 3. The van der Waals surface area contributed by atoms with Gasteiger partial charge in [-0.3, -0.25) is 9.69 Å². The van der Waals surface area contributed by atoms with E-state index >= 15 is 0 Å². The number of hydrogen-bond acceptors (Lipinski definition) is 3. The summed E-state index contributed by atoms with van der Waals surface area (Å²) < 4.78 is 0. The number of urea groups is 1. The molecule has 18 heavy (non-hydrogen) atoms. The van der Waals surface area contributed by atoms with E-state index in [1.165, 1.54) is 6.42 Å². The first-order chi connectivity index (χ1) is 8.48. The Bertz CT molecular complexity index is 333. The van der Waals surface area contributed by atoms with Gasteiger partial charge < -0.3 is 15.3 Å². The van der Waals surface area contributed by atoms with E-state index in [-0.39, 0.29) is 18.1 Å². The maximum atomic E-state index is 12.0. The van der Waals surface area contributed by atoms with Crippen molar-refractivity contribution < 1.29 is 14.7 Å². The zero-order valence-corrected chi connectivity index (χ0v) is 10.8. The lowest BCUT2D eigenvalue weighted by Gasteiger charge is -2.42. The van der Waals surface area contributed by atoms with Crippen molar-refractivity contribution in [2.24, 2.45) is 0 Å². The fourth-order valence-corrected chi connectivity index (χ4v) is 2.47. The molecule has 0 aromatic carbocycles. The first-order valence-electron chi connectivity index (χ1n) is 6.50. The molecule has 1 aliphatic carbocycles. The van der Waals surface area contributed by atoms with Crippen LogP contribution in [0.4, 0.5) is 4.79 Å². The van der Waals surface area contributed by atoms with Crippen molar-refractivity contribution in [2.75, 3.05) is 32.7 Å². The van der Waals surface area contributed by atoms with Gasteiger partial charge in [0, 0.05) is 31.7 Å². The largest absolute Gasteiger partial charge is 0.480 e. The summed E-state index contributed by atoms with van der Waals surface area (Å²) in [6.45, 7) is 4.62. The van der Waals surface area contributed by atoms with E-state index in [1.807, 2.05) is 4.90 Å². The Morgan fingerprint density at radius 3 is 2.28 bits per heavy atom. The number of nitrogens with zero attached hydrogens (tertiary/aromatic N) is 2. The van der Waals surface area contributed by atoms with Crippen LogP contribution in [0.15, 0.2) is 0 Å². The second kappa shape index (κ2) is 5.14. The molecule has 0 bridgehead atoms. The molecule has 0 spiro atoms. The van der Waals surface area contributed by atoms with Crippen LogP contribution in [-0.2, 0) is 4.79 Å². The van der Waals surface area contributed by atoms with Gasteiger partial charge in [-0.05, 0) is 26.2 Å². The van der Waals surface area contributed by atoms with Gasteiger partial charge >= 0.3 is 12.0 Å². The summed E-state index contributed by atoms with van der Waals surface area (Å²) >= 11 is 0. The second-order valence-electron chi connectivity index (χ2n) is 5.50. The SMILES string of the molecule is CC1(NC(=O)N2CCN(CC(=O)O)CC2)CCC1. The van der Waals surface area contributed by atoms with Crippen molar-refractivity contribution in [3.63, 3.8) is 0 Å². The van der Waals surface area contributed by atoms with Crippen molar-refractivity contribution in [3.8, 4) is 0 Å². The monoisotopic (exact) mass is 255 g/mol. The molecule has 1 heterocycles. The predicted octanol–water partition coefficient (Wildman–Crippen LogP) is 0.341. The smallest absolute Gasteiger partial charge is 0.317 e. The number of carbonyl (C=O) groups is 2. The summed E-state index contributed by atoms with van der Waals surface area (Å²) in [6.07, 6.45) is 3.29. The number of nitrogens with one attached hydrogen (secondary N) is 1. The van der Waals surface area contributed by atoms with Gasteiger partial charge in [0.15, 0.2) is 0 Å². The van der Waals surface area contributed by atoms with Gasteiger partial charge in [0.05, 0.1) is 6.54 Å². The Morgan fingerprint density at radius 1 is 1.22 bits per heavy atom. The molecule has 2 rings (SSSR count). The van der Waals surface area contributed by atoms with Crippen LogP contribution in [0, 0.1) is 0 Å². The van der Waals surface area contributed by atoms with E-state index in [4.69, 9.17) is 5.11 Å². The fourth-order valence-electron chi connectivity index (χ4n) is 2.47. The van der Waals surface area contributed by atoms with Crippen molar-refractivity contribution in [2.45, 2.75) is 31.7 Å². The summed E-state index contributed by atoms with van der Waals surface area (Å²) in [5.41, 5.74) is -0.0186. The molecule has 2 aliphatic rings. The summed E-state index contributed by atoms with van der Waals surface area (Å²) in [5, 5.41) is 11.8. The zero-order valence-electron chi connectivity index (χ0n) is 10.8. The van der Waals surface area contributed by atoms with Gasteiger partial charge in [0.1, 0.15) is 0 Å². The van der Waals surface area contributed by atoms with Gasteiger partial charge in [0.25, 0.3) is 0 Å². The van der Waals surface area contributed by atoms with Crippen LogP contribution in [0.5, 0.6) is 0 Å². The first kappa shape index (κ1) is 13.1. The van der Waals surface area contributed by atoms with Crippen LogP contribution in [0.2, 0.25) is 0 Å². The Morgan fingerprint density at radius 2 is 1.83 bits per heavy atom. The van der Waals surface area contributed by atoms with Gasteiger partial charge in [-0.15, -0.1) is 0 Å². The van der Waals surface area contributed by atoms with Crippen LogP contribution in [0.25, 0.3) is 0 Å². The predicted molar refractivity (Wildman–Crippen MR) is 66.4 cm³/mol.